The Balaban J connectivity index is 0.000000137. The average Bonchev–Trinajstić information content (AvgIpc) is 1.52. The van der Waals surface area contributed by atoms with Crippen LogP contribution in [0, 0.1) is 0 Å². The van der Waals surface area contributed by atoms with E-state index in [-0.39, 0.29) is 0 Å². The SMILES string of the molecule is c1ccc(N(c2ccc3c(c2)C(c2ccccc2)(c2ccccc2)c2cc(N(c4ccccc4)c4ccc5c6c4ccc4cccc(c46)n5-c4ccccc4)ccc2-3)c2ccc3c4c2ccc2cccc(c24)n3-c2ccccc2)cc1.c1ccc(N(c2ccc3oc4ccc(N(c5ccccc5)c5ccc6c7c5ccc5cccc(c57)n6-c5ccccc5)cc4c3c2)c2ccc3c4c2ccc2cccc(c24)n3-c2ccccc2)cc1. The minimum atomic E-state index is -0.712. The number of fused-ring (bicyclic) bond motifs is 6. The third-order valence-corrected chi connectivity index (χ3v) is 31.8. The smallest absolute Gasteiger partial charge is 0.135 e. The molecule has 700 valence electrons. The zero-order valence-electron chi connectivity index (χ0n) is 81.4. The fraction of sp³-hybridized carbons (Fsp3) is 0.00709. The first-order valence-corrected chi connectivity index (χ1v) is 51.6. The van der Waals surface area contributed by atoms with Gasteiger partial charge in [0.15, 0.2) is 0 Å². The molecule has 5 heterocycles. The van der Waals surface area contributed by atoms with Crippen molar-refractivity contribution >= 4 is 221 Å². The van der Waals surface area contributed by atoms with Crippen molar-refractivity contribution in [2.24, 2.45) is 0 Å². The Hall–Kier alpha value is -20.0. The largest absolute Gasteiger partial charge is 0.456 e. The number of para-hydroxylation sites is 8. The topological polar surface area (TPSA) is 45.8 Å². The van der Waals surface area contributed by atoms with E-state index < -0.39 is 5.41 Å². The first-order valence-electron chi connectivity index (χ1n) is 51.6. The van der Waals surface area contributed by atoms with Crippen molar-refractivity contribution in [1.29, 1.82) is 0 Å². The fourth-order valence-electron chi connectivity index (χ4n) is 25.7. The second kappa shape index (κ2) is 33.5. The predicted molar refractivity (Wildman–Crippen MR) is 628 cm³/mol. The molecule has 1 aliphatic carbocycles. The van der Waals surface area contributed by atoms with E-state index in [0.29, 0.717) is 0 Å². The summed E-state index contributed by atoms with van der Waals surface area (Å²) in [6.45, 7) is 0. The van der Waals surface area contributed by atoms with Gasteiger partial charge in [-0.15, -0.1) is 0 Å². The molecule has 150 heavy (non-hydrogen) atoms. The summed E-state index contributed by atoms with van der Waals surface area (Å²) in [6, 6.07) is 200. The van der Waals surface area contributed by atoms with Crippen LogP contribution in [0.25, 0.3) is 186 Å². The van der Waals surface area contributed by atoms with E-state index in [1.165, 1.54) is 164 Å². The summed E-state index contributed by atoms with van der Waals surface area (Å²) in [5.74, 6) is 0. The molecule has 9 nitrogen and oxygen atoms in total. The minimum absolute atomic E-state index is 0.712. The van der Waals surface area contributed by atoms with Gasteiger partial charge in [0, 0.05) is 144 Å². The number of rotatable bonds is 18. The van der Waals surface area contributed by atoms with Gasteiger partial charge < -0.3 is 42.3 Å². The average molecular weight is 1910 g/mol. The van der Waals surface area contributed by atoms with Gasteiger partial charge in [-0.1, -0.05) is 315 Å². The highest BCUT2D eigenvalue weighted by atomic mass is 16.3. The summed E-state index contributed by atoms with van der Waals surface area (Å²) >= 11 is 0. The molecule has 0 spiro atoms. The molecule has 9 heteroatoms. The third kappa shape index (κ3) is 12.6. The van der Waals surface area contributed by atoms with E-state index in [4.69, 9.17) is 4.42 Å². The molecule has 0 amide bonds. The van der Waals surface area contributed by atoms with E-state index in [1.54, 1.807) is 0 Å². The van der Waals surface area contributed by atoms with Gasteiger partial charge in [-0.3, -0.25) is 0 Å². The summed E-state index contributed by atoms with van der Waals surface area (Å²) in [5, 5.41) is 22.0. The zero-order chi connectivity index (χ0) is 98.3. The lowest BCUT2D eigenvalue weighted by atomic mass is 9.67. The van der Waals surface area contributed by atoms with Crippen molar-refractivity contribution in [3.63, 3.8) is 0 Å². The van der Waals surface area contributed by atoms with Crippen LogP contribution in [0.4, 0.5) is 68.2 Å². The molecule has 1 aliphatic rings. The van der Waals surface area contributed by atoms with Gasteiger partial charge in [0.25, 0.3) is 0 Å². The van der Waals surface area contributed by atoms with Crippen molar-refractivity contribution in [3.05, 3.63) is 568 Å². The molecule has 0 atom stereocenters. The van der Waals surface area contributed by atoms with E-state index in [9.17, 15) is 0 Å². The zero-order valence-corrected chi connectivity index (χ0v) is 81.4. The highest BCUT2D eigenvalue weighted by Gasteiger charge is 2.48. The third-order valence-electron chi connectivity index (χ3n) is 31.8. The first kappa shape index (κ1) is 84.5. The standard InChI is InChI=1S/C77H50N4.C64H40N4O/c1-7-23-53(24-8-1)77(54-25-9-2-10-26-54)65-49-59(78(55-27-11-3-12-28-55)67-45-47-71-75-63(67)41-37-51-21-19-35-69(73(51)75)80(71)57-31-15-5-16-32-57)39-43-61(65)62-44-40-60(50-66(62)77)79(56-29-13-4-14-30-56)68-46-48-72-76-64(68)42-38-52-22-20-36-70(74(52)76)81(72)58-33-17-6-18-34-58;1-5-17-43(18-6-1)65(53-33-35-57-63-49(53)31-27-41-15-13-25-55(61(41)63)67(57)45-21-9-3-10-22-45)47-29-37-59-51(39-47)52-40-48(30-38-60(52)69-59)66(44-19-7-2-8-20-44)54-34-36-58-64-50(54)32-28-42-16-14-26-56(62(42)64)68(58)46-23-11-4-12-24-46/h1-50H;1-40H. The van der Waals surface area contributed by atoms with Crippen molar-refractivity contribution in [3.8, 4) is 33.9 Å². The lowest BCUT2D eigenvalue weighted by Crippen LogP contribution is -2.29. The summed E-state index contributed by atoms with van der Waals surface area (Å²) in [7, 11) is 0. The Labute approximate surface area is 864 Å². The number of hydrogen-bond acceptors (Lipinski definition) is 5. The molecule has 0 N–H and O–H groups in total. The first-order chi connectivity index (χ1) is 74.5. The van der Waals surface area contributed by atoms with Gasteiger partial charge in [-0.25, -0.2) is 0 Å². The molecule has 0 saturated carbocycles. The van der Waals surface area contributed by atoms with Gasteiger partial charge in [-0.2, -0.15) is 0 Å². The van der Waals surface area contributed by atoms with Gasteiger partial charge in [0.05, 0.1) is 72.3 Å². The second-order valence-electron chi connectivity index (χ2n) is 39.6. The van der Waals surface area contributed by atoms with Crippen LogP contribution < -0.4 is 19.6 Å². The van der Waals surface area contributed by atoms with Crippen LogP contribution in [0.5, 0.6) is 0 Å². The molecule has 31 aromatic rings. The minimum Gasteiger partial charge on any atom is -0.456 e. The Morgan fingerprint density at radius 2 is 0.393 bits per heavy atom. The van der Waals surface area contributed by atoms with Crippen LogP contribution >= 0.6 is 0 Å². The number of nitrogens with zero attached hydrogens (tertiary/aromatic N) is 8. The molecule has 0 unspecified atom stereocenters. The molecule has 26 aromatic carbocycles. The van der Waals surface area contributed by atoms with E-state index >= 15 is 0 Å². The Bertz CT molecular complexity index is 10100. The lowest BCUT2D eigenvalue weighted by molar-refractivity contribution is 0.669. The monoisotopic (exact) mass is 1910 g/mol. The van der Waals surface area contributed by atoms with Crippen LogP contribution in [-0.2, 0) is 5.41 Å². The molecule has 0 fully saturated rings. The van der Waals surface area contributed by atoms with Gasteiger partial charge in [0.1, 0.15) is 11.2 Å². The van der Waals surface area contributed by atoms with Crippen LogP contribution in [0.3, 0.4) is 0 Å². The number of furan rings is 1. The normalized spacial score (nSPS) is 12.5. The van der Waals surface area contributed by atoms with Crippen molar-refractivity contribution in [1.82, 2.24) is 18.3 Å². The summed E-state index contributed by atoms with van der Waals surface area (Å²) in [4.78, 5) is 9.79. The molecule has 32 rings (SSSR count). The Morgan fingerprint density at radius 1 is 0.160 bits per heavy atom. The summed E-state index contributed by atoms with van der Waals surface area (Å²) in [6.07, 6.45) is 0. The van der Waals surface area contributed by atoms with Crippen molar-refractivity contribution < 1.29 is 4.42 Å². The van der Waals surface area contributed by atoms with Crippen molar-refractivity contribution in [2.45, 2.75) is 5.41 Å². The molecule has 0 aliphatic heterocycles. The van der Waals surface area contributed by atoms with E-state index in [2.05, 4.69) is 584 Å². The predicted octanol–water partition coefficient (Wildman–Crippen LogP) is 38.3. The maximum atomic E-state index is 6.69. The second-order valence-corrected chi connectivity index (χ2v) is 39.6. The summed E-state index contributed by atoms with van der Waals surface area (Å²) < 4.78 is 16.4. The Kier molecular flexibility index (Phi) is 18.9. The maximum Gasteiger partial charge on any atom is 0.135 e. The summed E-state index contributed by atoms with van der Waals surface area (Å²) in [5.41, 5.74) is 35.6. The maximum absolute atomic E-state index is 6.69. The number of hydrogen-bond donors (Lipinski definition) is 0. The number of aromatic nitrogens is 4. The van der Waals surface area contributed by atoms with E-state index in [1.807, 2.05) is 0 Å². The molecular formula is C141H90N8O. The van der Waals surface area contributed by atoms with Gasteiger partial charge in [-0.05, 0) is 285 Å². The molecule has 0 radical (unpaired) electrons. The van der Waals surface area contributed by atoms with Crippen LogP contribution in [-0.4, -0.2) is 18.3 Å². The van der Waals surface area contributed by atoms with Crippen LogP contribution in [0.1, 0.15) is 22.3 Å². The quantitative estimate of drug-likeness (QED) is 0.0801. The van der Waals surface area contributed by atoms with Crippen molar-refractivity contribution in [2.75, 3.05) is 19.6 Å². The number of benzene rings is 26. The van der Waals surface area contributed by atoms with Crippen LogP contribution in [0.2, 0.25) is 0 Å². The molecular weight excluding hydrogens is 1820 g/mol. The fourth-order valence-corrected chi connectivity index (χ4v) is 25.7. The van der Waals surface area contributed by atoms with Gasteiger partial charge >= 0.3 is 0 Å². The number of anilines is 12. The highest BCUT2D eigenvalue weighted by Crippen LogP contribution is 2.61. The molecule has 0 saturated heterocycles. The highest BCUT2D eigenvalue weighted by molar-refractivity contribution is 6.32. The molecule has 0 bridgehead atoms. The van der Waals surface area contributed by atoms with Crippen LogP contribution in [0.15, 0.2) is 550 Å². The van der Waals surface area contributed by atoms with E-state index in [0.717, 1.165) is 113 Å². The van der Waals surface area contributed by atoms with Gasteiger partial charge in [0.2, 0.25) is 0 Å². The Morgan fingerprint density at radius 3 is 0.660 bits per heavy atom. The lowest BCUT2D eigenvalue weighted by Gasteiger charge is -2.36. The molecule has 5 aromatic heterocycles.